The van der Waals surface area contributed by atoms with Crippen molar-refractivity contribution in [3.63, 3.8) is 0 Å². The molecule has 0 radical (unpaired) electrons. The number of nitrogens with one attached hydrogen (secondary N) is 1. The van der Waals surface area contributed by atoms with Crippen molar-refractivity contribution in [2.24, 2.45) is 0 Å². The normalized spacial score (nSPS) is 15.2. The smallest absolute Gasteiger partial charge is 0.339 e. The lowest BCUT2D eigenvalue weighted by Crippen LogP contribution is -2.37. The molecule has 3 aromatic carbocycles. The van der Waals surface area contributed by atoms with Crippen LogP contribution in [0.25, 0.3) is 0 Å². The number of carbonyl (C=O) groups excluding carboxylic acids is 2. The van der Waals surface area contributed by atoms with E-state index in [4.69, 9.17) is 15.2 Å². The highest BCUT2D eigenvalue weighted by molar-refractivity contribution is 5.92. The zero-order valence-electron chi connectivity index (χ0n) is 21.1. The SMILES string of the molecule is COC(=O)c1ccc(NN2CC(c3ccc(C)c(C)c3)N(CCc3ccc(OC)cc3)C2=O)c(N)c1. The molecule has 1 saturated heterocycles. The number of anilines is 2. The third-order valence-corrected chi connectivity index (χ3v) is 6.65. The van der Waals surface area contributed by atoms with E-state index >= 15 is 0 Å². The number of benzene rings is 3. The maximum absolute atomic E-state index is 13.6. The van der Waals surface area contributed by atoms with Gasteiger partial charge in [0, 0.05) is 6.54 Å². The van der Waals surface area contributed by atoms with E-state index in [9.17, 15) is 9.59 Å². The number of ether oxygens (including phenoxy) is 2. The van der Waals surface area contributed by atoms with Crippen molar-refractivity contribution in [2.45, 2.75) is 26.3 Å². The number of methoxy groups -OCH3 is 2. The van der Waals surface area contributed by atoms with Crippen molar-refractivity contribution >= 4 is 23.4 Å². The monoisotopic (exact) mass is 488 g/mol. The standard InChI is InChI=1S/C28H32N4O4/c1-18-5-8-21(15-19(18)2)26-17-32(30-25-12-9-22(16-24(25)29)27(33)36-4)28(34)31(26)14-13-20-6-10-23(35-3)11-7-20/h5-12,15-16,26,30H,13-14,17,29H2,1-4H3. The fourth-order valence-corrected chi connectivity index (χ4v) is 4.34. The summed E-state index contributed by atoms with van der Waals surface area (Å²) >= 11 is 0. The zero-order valence-corrected chi connectivity index (χ0v) is 21.1. The zero-order chi connectivity index (χ0) is 25.8. The van der Waals surface area contributed by atoms with E-state index in [2.05, 4.69) is 37.5 Å². The summed E-state index contributed by atoms with van der Waals surface area (Å²) in [5, 5.41) is 1.58. The molecular formula is C28H32N4O4. The summed E-state index contributed by atoms with van der Waals surface area (Å²) in [5.74, 6) is 0.334. The molecule has 0 aliphatic carbocycles. The second kappa shape index (κ2) is 10.6. The third kappa shape index (κ3) is 5.22. The average molecular weight is 489 g/mol. The molecule has 8 heteroatoms. The Hall–Kier alpha value is -4.20. The van der Waals surface area contributed by atoms with Gasteiger partial charge in [-0.1, -0.05) is 30.3 Å². The predicted molar refractivity (Wildman–Crippen MR) is 140 cm³/mol. The minimum atomic E-state index is -0.468. The molecule has 188 valence electrons. The van der Waals surface area contributed by atoms with Crippen LogP contribution in [0.2, 0.25) is 0 Å². The van der Waals surface area contributed by atoms with Gasteiger partial charge in [-0.25, -0.2) is 14.6 Å². The van der Waals surface area contributed by atoms with Crippen molar-refractivity contribution in [2.75, 3.05) is 38.5 Å². The highest BCUT2D eigenvalue weighted by atomic mass is 16.5. The van der Waals surface area contributed by atoms with Crippen molar-refractivity contribution < 1.29 is 19.1 Å². The van der Waals surface area contributed by atoms with Gasteiger partial charge in [0.1, 0.15) is 5.75 Å². The number of carbonyl (C=O) groups is 2. The summed E-state index contributed by atoms with van der Waals surface area (Å²) in [6.07, 6.45) is 0.709. The van der Waals surface area contributed by atoms with Gasteiger partial charge in [0.2, 0.25) is 0 Å². The lowest BCUT2D eigenvalue weighted by Gasteiger charge is -2.24. The molecule has 1 unspecified atom stereocenters. The topological polar surface area (TPSA) is 97.1 Å². The molecule has 3 aromatic rings. The number of urea groups is 1. The third-order valence-electron chi connectivity index (χ3n) is 6.65. The largest absolute Gasteiger partial charge is 0.497 e. The first kappa shape index (κ1) is 24.9. The van der Waals surface area contributed by atoms with E-state index in [-0.39, 0.29) is 12.1 Å². The van der Waals surface area contributed by atoms with Gasteiger partial charge >= 0.3 is 12.0 Å². The average Bonchev–Trinajstić information content (AvgIpc) is 3.20. The van der Waals surface area contributed by atoms with Crippen LogP contribution in [0.1, 0.15) is 38.7 Å². The predicted octanol–water partition coefficient (Wildman–Crippen LogP) is 4.73. The highest BCUT2D eigenvalue weighted by Crippen LogP contribution is 2.32. The van der Waals surface area contributed by atoms with Gasteiger partial charge in [-0.05, 0) is 72.9 Å². The van der Waals surface area contributed by atoms with E-state index in [1.807, 2.05) is 29.2 Å². The Morgan fingerprint density at radius 2 is 1.78 bits per heavy atom. The lowest BCUT2D eigenvalue weighted by atomic mass is 10.0. The summed E-state index contributed by atoms with van der Waals surface area (Å²) in [4.78, 5) is 27.3. The fraction of sp³-hybridized carbons (Fsp3) is 0.286. The van der Waals surface area contributed by atoms with Gasteiger partial charge in [-0.2, -0.15) is 0 Å². The summed E-state index contributed by atoms with van der Waals surface area (Å²) in [6.45, 7) is 5.16. The summed E-state index contributed by atoms with van der Waals surface area (Å²) in [7, 11) is 2.96. The van der Waals surface area contributed by atoms with Gasteiger partial charge in [-0.3, -0.25) is 5.43 Å². The Kier molecular flexibility index (Phi) is 7.33. The van der Waals surface area contributed by atoms with Crippen LogP contribution in [0.4, 0.5) is 16.2 Å². The molecule has 3 N–H and O–H groups in total. The molecule has 8 nitrogen and oxygen atoms in total. The minimum absolute atomic E-state index is 0.127. The molecule has 0 aromatic heterocycles. The number of hydrogen-bond acceptors (Lipinski definition) is 6. The van der Waals surface area contributed by atoms with Crippen molar-refractivity contribution in [3.05, 3.63) is 88.5 Å². The minimum Gasteiger partial charge on any atom is -0.497 e. The van der Waals surface area contributed by atoms with E-state index in [1.54, 1.807) is 24.3 Å². The number of esters is 1. The van der Waals surface area contributed by atoms with Gasteiger partial charge < -0.3 is 20.1 Å². The molecule has 0 bridgehead atoms. The number of hydrazine groups is 1. The number of hydrogen-bond donors (Lipinski definition) is 2. The first-order valence-electron chi connectivity index (χ1n) is 11.8. The second-order valence-corrected chi connectivity index (χ2v) is 8.95. The van der Waals surface area contributed by atoms with Gasteiger partial charge in [0.25, 0.3) is 0 Å². The number of nitrogens with two attached hydrogens (primary N) is 1. The van der Waals surface area contributed by atoms with Crippen LogP contribution < -0.4 is 15.9 Å². The van der Waals surface area contributed by atoms with Crippen LogP contribution in [0.5, 0.6) is 5.75 Å². The summed E-state index contributed by atoms with van der Waals surface area (Å²) in [6, 6.07) is 18.8. The molecular weight excluding hydrogens is 456 g/mol. The van der Waals surface area contributed by atoms with Crippen LogP contribution >= 0.6 is 0 Å². The Morgan fingerprint density at radius 3 is 2.42 bits per heavy atom. The maximum atomic E-state index is 13.6. The second-order valence-electron chi connectivity index (χ2n) is 8.95. The van der Waals surface area contributed by atoms with E-state index in [1.165, 1.54) is 24.3 Å². The molecule has 4 rings (SSSR count). The van der Waals surface area contributed by atoms with Crippen LogP contribution in [0, 0.1) is 13.8 Å². The number of aryl methyl sites for hydroxylation is 2. The summed E-state index contributed by atoms with van der Waals surface area (Å²) in [5.41, 5.74) is 15.2. The van der Waals surface area contributed by atoms with Crippen LogP contribution in [-0.2, 0) is 11.2 Å². The first-order valence-corrected chi connectivity index (χ1v) is 11.8. The Labute approximate surface area is 211 Å². The van der Waals surface area contributed by atoms with Crippen LogP contribution in [0.3, 0.4) is 0 Å². The molecule has 36 heavy (non-hydrogen) atoms. The number of nitrogens with zero attached hydrogens (tertiary/aromatic N) is 2. The molecule has 0 spiro atoms. The molecule has 1 heterocycles. The fourth-order valence-electron chi connectivity index (χ4n) is 4.34. The Morgan fingerprint density at radius 1 is 1.03 bits per heavy atom. The lowest BCUT2D eigenvalue weighted by molar-refractivity contribution is 0.0600. The molecule has 1 aliphatic rings. The Bertz CT molecular complexity index is 1260. The van der Waals surface area contributed by atoms with Gasteiger partial charge in [-0.15, -0.1) is 0 Å². The van der Waals surface area contributed by atoms with E-state index in [0.29, 0.717) is 36.4 Å². The van der Waals surface area contributed by atoms with Crippen molar-refractivity contribution in [1.82, 2.24) is 9.91 Å². The molecule has 2 amide bonds. The first-order chi connectivity index (χ1) is 17.3. The Balaban J connectivity index is 1.57. The molecule has 1 fully saturated rings. The van der Waals surface area contributed by atoms with Crippen molar-refractivity contribution in [3.8, 4) is 5.75 Å². The van der Waals surface area contributed by atoms with E-state index in [0.717, 1.165) is 16.9 Å². The van der Waals surface area contributed by atoms with E-state index < -0.39 is 5.97 Å². The number of nitrogen functional groups attached to an aromatic ring is 1. The molecule has 1 atom stereocenters. The van der Waals surface area contributed by atoms with Crippen LogP contribution in [-0.4, -0.2) is 49.2 Å². The van der Waals surface area contributed by atoms with Gasteiger partial charge in [0.05, 0.1) is 43.7 Å². The molecule has 0 saturated carbocycles. The van der Waals surface area contributed by atoms with Crippen LogP contribution in [0.15, 0.2) is 60.7 Å². The number of amides is 2. The number of rotatable bonds is 8. The molecule has 1 aliphatic heterocycles. The maximum Gasteiger partial charge on any atom is 0.339 e. The van der Waals surface area contributed by atoms with Gasteiger partial charge in [0.15, 0.2) is 0 Å². The quantitative estimate of drug-likeness (QED) is 0.352. The van der Waals surface area contributed by atoms with Crippen molar-refractivity contribution in [1.29, 1.82) is 0 Å². The summed E-state index contributed by atoms with van der Waals surface area (Å²) < 4.78 is 10.0. The highest BCUT2D eigenvalue weighted by Gasteiger charge is 2.38.